The highest BCUT2D eigenvalue weighted by molar-refractivity contribution is 9.10. The fourth-order valence-corrected chi connectivity index (χ4v) is 1.80. The molecule has 0 fully saturated rings. The second-order valence-electron chi connectivity index (χ2n) is 4.64. The Bertz CT molecular complexity index is 581. The predicted molar refractivity (Wildman–Crippen MR) is 77.0 cm³/mol. The first-order chi connectivity index (χ1) is 9.04. The molecule has 0 unspecified atom stereocenters. The third-order valence-corrected chi connectivity index (χ3v) is 2.88. The summed E-state index contributed by atoms with van der Waals surface area (Å²) in [6.45, 7) is 4.95. The van der Waals surface area contributed by atoms with E-state index >= 15 is 0 Å². The van der Waals surface area contributed by atoms with Gasteiger partial charge in [-0.1, -0.05) is 13.8 Å². The van der Waals surface area contributed by atoms with Gasteiger partial charge in [-0.2, -0.15) is 4.98 Å². The Morgan fingerprint density at radius 3 is 3.00 bits per heavy atom. The van der Waals surface area contributed by atoms with Gasteiger partial charge in [0.05, 0.1) is 6.54 Å². The number of hydrogen-bond acceptors (Lipinski definition) is 4. The van der Waals surface area contributed by atoms with Crippen LogP contribution in [0.3, 0.4) is 0 Å². The summed E-state index contributed by atoms with van der Waals surface area (Å²) in [5, 5.41) is 9.96. The number of aromatic nitrogens is 3. The lowest BCUT2D eigenvalue weighted by Crippen LogP contribution is -2.32. The van der Waals surface area contributed by atoms with Crippen molar-refractivity contribution in [1.82, 2.24) is 19.9 Å². The summed E-state index contributed by atoms with van der Waals surface area (Å²) in [6, 6.07) is 3.74. The van der Waals surface area contributed by atoms with Gasteiger partial charge in [0.1, 0.15) is 0 Å². The Hall–Kier alpha value is -1.63. The van der Waals surface area contributed by atoms with Crippen molar-refractivity contribution in [2.75, 3.05) is 18.4 Å². The summed E-state index contributed by atoms with van der Waals surface area (Å²) in [5.74, 6) is 0.821. The summed E-state index contributed by atoms with van der Waals surface area (Å²) in [7, 11) is 0. The minimum absolute atomic E-state index is 0.0614. The largest absolute Gasteiger partial charge is 0.354 e. The monoisotopic (exact) mass is 325 g/mol. The molecule has 1 amide bonds. The zero-order valence-corrected chi connectivity index (χ0v) is 12.4. The van der Waals surface area contributed by atoms with Crippen molar-refractivity contribution in [3.05, 3.63) is 22.8 Å². The van der Waals surface area contributed by atoms with Crippen molar-refractivity contribution >= 4 is 33.4 Å². The van der Waals surface area contributed by atoms with E-state index in [1.807, 2.05) is 18.3 Å². The maximum absolute atomic E-state index is 11.5. The van der Waals surface area contributed by atoms with Gasteiger partial charge in [-0.25, -0.2) is 4.52 Å². The van der Waals surface area contributed by atoms with Crippen molar-refractivity contribution < 1.29 is 4.79 Å². The number of fused-ring (bicyclic) bond motifs is 1. The van der Waals surface area contributed by atoms with Crippen LogP contribution in [0.25, 0.3) is 5.65 Å². The summed E-state index contributed by atoms with van der Waals surface area (Å²) in [4.78, 5) is 15.8. The van der Waals surface area contributed by atoms with Crippen LogP contribution >= 0.6 is 15.9 Å². The topological polar surface area (TPSA) is 71.3 Å². The third kappa shape index (κ3) is 3.92. The number of anilines is 1. The number of halogens is 1. The van der Waals surface area contributed by atoms with Gasteiger partial charge in [0, 0.05) is 17.2 Å². The molecule has 102 valence electrons. The summed E-state index contributed by atoms with van der Waals surface area (Å²) >= 11 is 3.36. The van der Waals surface area contributed by atoms with Gasteiger partial charge in [0.15, 0.2) is 5.65 Å². The van der Waals surface area contributed by atoms with E-state index in [9.17, 15) is 4.79 Å². The number of nitrogens with one attached hydrogen (secondary N) is 2. The summed E-state index contributed by atoms with van der Waals surface area (Å²) in [5.41, 5.74) is 0.730. The van der Waals surface area contributed by atoms with E-state index in [0.29, 0.717) is 18.4 Å². The maximum atomic E-state index is 11.5. The lowest BCUT2D eigenvalue weighted by Gasteiger charge is -2.07. The van der Waals surface area contributed by atoms with Gasteiger partial charge < -0.3 is 10.6 Å². The molecule has 7 heteroatoms. The highest BCUT2D eigenvalue weighted by atomic mass is 79.9. The number of carbonyl (C=O) groups excluding carboxylic acids is 1. The first kappa shape index (κ1) is 13.8. The quantitative estimate of drug-likeness (QED) is 0.877. The average Bonchev–Trinajstić information content (AvgIpc) is 2.75. The zero-order chi connectivity index (χ0) is 13.8. The number of hydrogen-bond donors (Lipinski definition) is 2. The number of amides is 1. The fraction of sp³-hybridized carbons (Fsp3) is 0.417. The van der Waals surface area contributed by atoms with Crippen LogP contribution in [0.5, 0.6) is 0 Å². The van der Waals surface area contributed by atoms with Gasteiger partial charge in [-0.15, -0.1) is 5.10 Å². The van der Waals surface area contributed by atoms with E-state index < -0.39 is 0 Å². The Kier molecular flexibility index (Phi) is 4.36. The summed E-state index contributed by atoms with van der Waals surface area (Å²) in [6.07, 6.45) is 1.81. The maximum Gasteiger partial charge on any atom is 0.243 e. The predicted octanol–water partition coefficient (Wildman–Crippen LogP) is 1.68. The lowest BCUT2D eigenvalue weighted by atomic mass is 10.2. The molecule has 2 aromatic rings. The van der Waals surface area contributed by atoms with Crippen molar-refractivity contribution in [2.24, 2.45) is 5.92 Å². The molecular formula is C12H16BrN5O. The molecule has 19 heavy (non-hydrogen) atoms. The molecule has 6 nitrogen and oxygen atoms in total. The molecule has 0 saturated carbocycles. The van der Waals surface area contributed by atoms with Crippen LogP contribution in [0.15, 0.2) is 22.8 Å². The zero-order valence-electron chi connectivity index (χ0n) is 10.9. The molecule has 0 bridgehead atoms. The minimum Gasteiger partial charge on any atom is -0.354 e. The van der Waals surface area contributed by atoms with Gasteiger partial charge >= 0.3 is 0 Å². The van der Waals surface area contributed by atoms with Gasteiger partial charge in [-0.05, 0) is 34.0 Å². The molecule has 0 aliphatic rings. The van der Waals surface area contributed by atoms with Crippen molar-refractivity contribution in [1.29, 1.82) is 0 Å². The molecule has 2 N–H and O–H groups in total. The molecular weight excluding hydrogens is 310 g/mol. The number of nitrogens with zero attached hydrogens (tertiary/aromatic N) is 3. The van der Waals surface area contributed by atoms with E-state index in [0.717, 1.165) is 10.1 Å². The molecule has 2 aromatic heterocycles. The highest BCUT2D eigenvalue weighted by Crippen LogP contribution is 2.11. The molecule has 0 radical (unpaired) electrons. The summed E-state index contributed by atoms with van der Waals surface area (Å²) < 4.78 is 2.57. The van der Waals surface area contributed by atoms with Gasteiger partial charge in [0.2, 0.25) is 11.9 Å². The van der Waals surface area contributed by atoms with Crippen LogP contribution in [0, 0.1) is 5.92 Å². The van der Waals surface area contributed by atoms with E-state index in [-0.39, 0.29) is 12.5 Å². The van der Waals surface area contributed by atoms with E-state index in [2.05, 4.69) is 50.5 Å². The standard InChI is InChI=1S/C12H16BrN5O/c1-8(2)5-14-11(19)6-15-12-16-10-4-3-9(13)7-18(10)17-12/h3-4,7-8H,5-6H2,1-2H3,(H,14,19)(H,15,17). The third-order valence-electron chi connectivity index (χ3n) is 2.41. The second kappa shape index (κ2) is 6.01. The van der Waals surface area contributed by atoms with Crippen LogP contribution in [0.2, 0.25) is 0 Å². The fourth-order valence-electron chi connectivity index (χ4n) is 1.47. The molecule has 0 atom stereocenters. The van der Waals surface area contributed by atoms with Crippen LogP contribution in [-0.4, -0.2) is 33.6 Å². The van der Waals surface area contributed by atoms with E-state index in [1.165, 1.54) is 0 Å². The Labute approximate surface area is 119 Å². The Balaban J connectivity index is 1.92. The smallest absolute Gasteiger partial charge is 0.243 e. The Morgan fingerprint density at radius 1 is 1.47 bits per heavy atom. The lowest BCUT2D eigenvalue weighted by molar-refractivity contribution is -0.119. The van der Waals surface area contributed by atoms with Crippen LogP contribution in [-0.2, 0) is 4.79 Å². The minimum atomic E-state index is -0.0614. The average molecular weight is 326 g/mol. The van der Waals surface area contributed by atoms with Crippen molar-refractivity contribution in [3.8, 4) is 0 Å². The number of pyridine rings is 1. The Morgan fingerprint density at radius 2 is 2.26 bits per heavy atom. The van der Waals surface area contributed by atoms with Gasteiger partial charge in [0.25, 0.3) is 0 Å². The first-order valence-electron chi connectivity index (χ1n) is 6.07. The molecule has 0 saturated heterocycles. The van der Waals surface area contributed by atoms with Gasteiger partial charge in [-0.3, -0.25) is 4.79 Å². The van der Waals surface area contributed by atoms with Crippen LogP contribution in [0.1, 0.15) is 13.8 Å². The molecule has 0 aliphatic carbocycles. The molecule has 0 spiro atoms. The van der Waals surface area contributed by atoms with Crippen LogP contribution in [0.4, 0.5) is 5.95 Å². The molecule has 0 aromatic carbocycles. The van der Waals surface area contributed by atoms with E-state index in [1.54, 1.807) is 4.52 Å². The molecule has 2 rings (SSSR count). The normalized spacial score (nSPS) is 10.9. The van der Waals surface area contributed by atoms with Crippen molar-refractivity contribution in [2.45, 2.75) is 13.8 Å². The molecule has 0 aliphatic heterocycles. The number of carbonyl (C=O) groups is 1. The van der Waals surface area contributed by atoms with Crippen molar-refractivity contribution in [3.63, 3.8) is 0 Å². The van der Waals surface area contributed by atoms with Crippen LogP contribution < -0.4 is 10.6 Å². The second-order valence-corrected chi connectivity index (χ2v) is 5.55. The van der Waals surface area contributed by atoms with E-state index in [4.69, 9.17) is 0 Å². The molecule has 2 heterocycles. The highest BCUT2D eigenvalue weighted by Gasteiger charge is 2.06. The first-order valence-corrected chi connectivity index (χ1v) is 6.86. The SMILES string of the molecule is CC(C)CNC(=O)CNc1nc2ccc(Br)cn2n1. The number of rotatable bonds is 5.